The van der Waals surface area contributed by atoms with E-state index in [0.29, 0.717) is 12.8 Å². The van der Waals surface area contributed by atoms with Crippen LogP contribution in [-0.4, -0.2) is 26.3 Å². The Bertz CT molecular complexity index is 453. The lowest BCUT2D eigenvalue weighted by Crippen LogP contribution is -2.04. The summed E-state index contributed by atoms with van der Waals surface area (Å²) in [5.74, 6) is -0.359. The van der Waals surface area contributed by atoms with Crippen molar-refractivity contribution in [3.05, 3.63) is 23.0 Å². The Morgan fingerprint density at radius 2 is 1.59 bits per heavy atom. The molecular weight excluding hydrogens is 307 g/mol. The van der Waals surface area contributed by atoms with Gasteiger partial charge in [0.15, 0.2) is 0 Å². The van der Waals surface area contributed by atoms with Gasteiger partial charge >= 0.3 is 13.8 Å². The Kier molecular flexibility index (Phi) is 10.1. The number of esters is 1. The van der Waals surface area contributed by atoms with Crippen molar-refractivity contribution < 1.29 is 27.7 Å². The molecule has 0 bridgehead atoms. The van der Waals surface area contributed by atoms with Crippen LogP contribution < -0.4 is 0 Å². The molecule has 0 aliphatic heterocycles. The third kappa shape index (κ3) is 8.37. The van der Waals surface area contributed by atoms with Gasteiger partial charge in [0.25, 0.3) is 0 Å². The zero-order valence-corrected chi connectivity index (χ0v) is 15.2. The van der Waals surface area contributed by atoms with Gasteiger partial charge in [0.1, 0.15) is 5.76 Å². The first kappa shape index (κ1) is 20.9. The van der Waals surface area contributed by atoms with E-state index in [9.17, 15) is 9.36 Å². The maximum Gasteiger partial charge on any atom is 0.529 e. The summed E-state index contributed by atoms with van der Waals surface area (Å²) in [4.78, 5) is 11.4. The van der Waals surface area contributed by atoms with Gasteiger partial charge in [-0.3, -0.25) is 9.05 Å². The van der Waals surface area contributed by atoms with E-state index in [1.807, 2.05) is 20.8 Å². The third-order valence-electron chi connectivity index (χ3n) is 2.88. The second kappa shape index (κ2) is 10.6. The number of ether oxygens (including phenoxy) is 1. The Hall–Kier alpha value is -1.10. The molecule has 0 N–H and O–H groups in total. The van der Waals surface area contributed by atoms with Crippen LogP contribution in [0, 0.1) is 0 Å². The van der Waals surface area contributed by atoms with Crippen LogP contribution in [0.1, 0.15) is 47.5 Å². The maximum absolute atomic E-state index is 12.4. The standard InChI is InChI=1S/C15H27O6P/c1-7-19-22(17,20-8-2)21-14(11-15(16)18-6)10-9-13(5)12(3)4/h11H,7-10H2,1-6H3/b14-11-. The van der Waals surface area contributed by atoms with E-state index in [0.717, 1.165) is 0 Å². The first-order valence-electron chi connectivity index (χ1n) is 7.28. The highest BCUT2D eigenvalue weighted by Crippen LogP contribution is 2.51. The molecule has 0 amide bonds. The first-order valence-corrected chi connectivity index (χ1v) is 8.74. The molecule has 6 nitrogen and oxygen atoms in total. The van der Waals surface area contributed by atoms with E-state index in [1.54, 1.807) is 13.8 Å². The molecule has 0 saturated heterocycles. The number of phosphoric ester groups is 1. The fraction of sp³-hybridized carbons (Fsp3) is 0.667. The van der Waals surface area contributed by atoms with Crippen LogP contribution in [-0.2, 0) is 27.7 Å². The van der Waals surface area contributed by atoms with Gasteiger partial charge in [-0.05, 0) is 41.0 Å². The van der Waals surface area contributed by atoms with Crippen molar-refractivity contribution in [2.75, 3.05) is 20.3 Å². The number of carbonyl (C=O) groups excluding carboxylic acids is 1. The summed E-state index contributed by atoms with van der Waals surface area (Å²) >= 11 is 0. The molecule has 0 fully saturated rings. The second-order valence-corrected chi connectivity index (χ2v) is 6.38. The highest BCUT2D eigenvalue weighted by molar-refractivity contribution is 7.48. The van der Waals surface area contributed by atoms with Gasteiger partial charge in [-0.1, -0.05) is 11.1 Å². The summed E-state index contributed by atoms with van der Waals surface area (Å²) in [6, 6.07) is 0. The highest BCUT2D eigenvalue weighted by Gasteiger charge is 2.28. The topological polar surface area (TPSA) is 71.1 Å². The molecule has 128 valence electrons. The molecule has 0 aromatic heterocycles. The molecule has 0 aliphatic carbocycles. The number of allylic oxidation sites excluding steroid dienone is 3. The van der Waals surface area contributed by atoms with Crippen LogP contribution >= 0.6 is 7.82 Å². The van der Waals surface area contributed by atoms with Crippen molar-refractivity contribution in [2.24, 2.45) is 0 Å². The van der Waals surface area contributed by atoms with Crippen molar-refractivity contribution >= 4 is 13.8 Å². The van der Waals surface area contributed by atoms with Gasteiger partial charge in [0, 0.05) is 6.42 Å². The number of rotatable bonds is 10. The number of carbonyl (C=O) groups is 1. The van der Waals surface area contributed by atoms with E-state index < -0.39 is 13.8 Å². The van der Waals surface area contributed by atoms with Crippen LogP contribution in [0.3, 0.4) is 0 Å². The smallest absolute Gasteiger partial charge is 0.466 e. The van der Waals surface area contributed by atoms with Gasteiger partial charge < -0.3 is 9.26 Å². The van der Waals surface area contributed by atoms with Crippen LogP contribution in [0.15, 0.2) is 23.0 Å². The molecule has 0 aromatic carbocycles. The largest absolute Gasteiger partial charge is 0.529 e. The van der Waals surface area contributed by atoms with E-state index >= 15 is 0 Å². The summed E-state index contributed by atoms with van der Waals surface area (Å²) in [6.45, 7) is 9.73. The summed E-state index contributed by atoms with van der Waals surface area (Å²) in [5.41, 5.74) is 2.36. The maximum atomic E-state index is 12.4. The van der Waals surface area contributed by atoms with Gasteiger partial charge in [0.2, 0.25) is 0 Å². The Morgan fingerprint density at radius 1 is 1.05 bits per heavy atom. The highest BCUT2D eigenvalue weighted by atomic mass is 31.2. The second-order valence-electron chi connectivity index (χ2n) is 4.79. The SMILES string of the molecule is CCOP(=O)(OCC)O/C(=C\C(=O)OC)CCC(C)=C(C)C. The molecular formula is C15H27O6P. The van der Waals surface area contributed by atoms with Crippen molar-refractivity contribution in [3.8, 4) is 0 Å². The van der Waals surface area contributed by atoms with Gasteiger partial charge in [0.05, 0.1) is 26.4 Å². The molecule has 0 spiro atoms. The monoisotopic (exact) mass is 334 g/mol. The van der Waals surface area contributed by atoms with Gasteiger partial charge in [-0.15, -0.1) is 0 Å². The lowest BCUT2D eigenvalue weighted by atomic mass is 10.1. The summed E-state index contributed by atoms with van der Waals surface area (Å²) < 4.78 is 32.5. The first-order chi connectivity index (χ1) is 10.3. The van der Waals surface area contributed by atoms with Crippen LogP contribution in [0.4, 0.5) is 0 Å². The van der Waals surface area contributed by atoms with Gasteiger partial charge in [-0.2, -0.15) is 0 Å². The van der Waals surface area contributed by atoms with Gasteiger partial charge in [-0.25, -0.2) is 9.36 Å². The van der Waals surface area contributed by atoms with E-state index in [-0.39, 0.29) is 19.0 Å². The molecule has 7 heteroatoms. The average Bonchev–Trinajstić information content (AvgIpc) is 2.44. The lowest BCUT2D eigenvalue weighted by molar-refractivity contribution is -0.135. The summed E-state index contributed by atoms with van der Waals surface area (Å²) in [6.07, 6.45) is 2.24. The molecule has 0 saturated carbocycles. The number of phosphoric acid groups is 1. The minimum atomic E-state index is -3.72. The van der Waals surface area contributed by atoms with Crippen molar-refractivity contribution in [2.45, 2.75) is 47.5 Å². The van der Waals surface area contributed by atoms with Crippen molar-refractivity contribution in [1.29, 1.82) is 0 Å². The Balaban J connectivity index is 5.16. The molecule has 0 heterocycles. The predicted octanol–water partition coefficient (Wildman–Crippen LogP) is 4.38. The predicted molar refractivity (Wildman–Crippen MR) is 85.3 cm³/mol. The summed E-state index contributed by atoms with van der Waals surface area (Å²) in [7, 11) is -2.45. The number of hydrogen-bond donors (Lipinski definition) is 0. The average molecular weight is 334 g/mol. The molecule has 0 radical (unpaired) electrons. The molecule has 0 unspecified atom stereocenters. The molecule has 0 aromatic rings. The summed E-state index contributed by atoms with van der Waals surface area (Å²) in [5, 5.41) is 0. The Labute approximate surface area is 133 Å². The zero-order chi connectivity index (χ0) is 17.2. The molecule has 22 heavy (non-hydrogen) atoms. The Morgan fingerprint density at radius 3 is 2.00 bits per heavy atom. The van der Waals surface area contributed by atoms with Crippen molar-refractivity contribution in [1.82, 2.24) is 0 Å². The minimum absolute atomic E-state index is 0.176. The quantitative estimate of drug-likeness (QED) is 0.194. The van der Waals surface area contributed by atoms with Crippen molar-refractivity contribution in [3.63, 3.8) is 0 Å². The van der Waals surface area contributed by atoms with E-state index in [1.165, 1.54) is 24.3 Å². The van der Waals surface area contributed by atoms with Crippen LogP contribution in [0.2, 0.25) is 0 Å². The minimum Gasteiger partial charge on any atom is -0.466 e. The van der Waals surface area contributed by atoms with Crippen LogP contribution in [0.5, 0.6) is 0 Å². The number of methoxy groups -OCH3 is 1. The molecule has 0 aliphatic rings. The fourth-order valence-corrected chi connectivity index (χ4v) is 2.69. The van der Waals surface area contributed by atoms with E-state index in [2.05, 4.69) is 4.74 Å². The van der Waals surface area contributed by atoms with E-state index in [4.69, 9.17) is 13.6 Å². The third-order valence-corrected chi connectivity index (χ3v) is 4.49. The lowest BCUT2D eigenvalue weighted by Gasteiger charge is -2.19. The number of hydrogen-bond acceptors (Lipinski definition) is 6. The normalized spacial score (nSPS) is 12.0. The van der Waals surface area contributed by atoms with Crippen LogP contribution in [0.25, 0.3) is 0 Å². The molecule has 0 rings (SSSR count). The fourth-order valence-electron chi connectivity index (χ4n) is 1.45. The molecule has 0 atom stereocenters. The zero-order valence-electron chi connectivity index (χ0n) is 14.3.